The number of ketones is 5. The van der Waals surface area contributed by atoms with Gasteiger partial charge in [-0.1, -0.05) is 136 Å². The molecule has 35 atom stereocenters. The minimum absolute atomic E-state index is 0.00663. The number of carbonyl (C=O) groups excluding carboxylic acids is 5. The molecule has 15 heterocycles. The van der Waals surface area contributed by atoms with Gasteiger partial charge in [-0.25, -0.2) is 0 Å². The Morgan fingerprint density at radius 1 is 0.440 bits per heavy atom. The zero-order valence-electron chi connectivity index (χ0n) is 80.1. The minimum atomic E-state index is -2.54. The Balaban J connectivity index is 0.000000240. The Labute approximate surface area is 752 Å². The molecule has 0 aromatic carbocycles. The molecule has 0 amide bonds. The molecule has 0 spiro atoms. The van der Waals surface area contributed by atoms with Crippen LogP contribution in [-0.4, -0.2) is 252 Å². The summed E-state index contributed by atoms with van der Waals surface area (Å²) in [6.45, 7) is 60.5. The zero-order chi connectivity index (χ0) is 91.2. The van der Waals surface area contributed by atoms with Gasteiger partial charge in [0.25, 0.3) is 0 Å². The monoisotopic (exact) mass is 1810 g/mol. The van der Waals surface area contributed by atoms with Crippen molar-refractivity contribution < 1.29 is 110 Å². The van der Waals surface area contributed by atoms with Gasteiger partial charge in [0, 0.05) is 70.6 Å². The molecule has 12 saturated heterocycles. The molecule has 125 heavy (non-hydrogen) atoms. The van der Waals surface area contributed by atoms with E-state index in [4.69, 9.17) is 65.4 Å². The average molecular weight is 1810 g/mol. The van der Waals surface area contributed by atoms with Crippen molar-refractivity contribution in [1.29, 1.82) is 0 Å². The second-order valence-electron chi connectivity index (χ2n) is 45.4. The number of Topliss-reactive ketones (excluding diaryl/α,β-unsaturated/α-hetero) is 4. The van der Waals surface area contributed by atoms with Crippen molar-refractivity contribution in [1.82, 2.24) is 0 Å². The number of fused-ring (bicyclic) bond motifs is 9. The molecule has 12 fully saturated rings. The highest BCUT2D eigenvalue weighted by atomic mass is 28.4. The van der Waals surface area contributed by atoms with Gasteiger partial charge < -0.3 is 85.8 Å². The predicted molar refractivity (Wildman–Crippen MR) is 487 cm³/mol. The largest absolute Gasteiger partial charge is 0.408 e. The van der Waals surface area contributed by atoms with Gasteiger partial charge in [-0.05, 0) is 209 Å². The molecule has 710 valence electrons. The fraction of sp³-hybridized carbons (Fsp3) is 0.869. The third-order valence-corrected chi connectivity index (χ3v) is 46.4. The third-order valence-electron chi connectivity index (χ3n) is 33.0. The lowest BCUT2D eigenvalue weighted by molar-refractivity contribution is -0.266. The van der Waals surface area contributed by atoms with Crippen LogP contribution < -0.4 is 0 Å². The first kappa shape index (κ1) is 101. The summed E-state index contributed by atoms with van der Waals surface area (Å²) in [6, 6.07) is 0. The van der Waals surface area contributed by atoms with Crippen molar-refractivity contribution >= 4 is 53.9 Å². The Hall–Kier alpha value is -2.76. The van der Waals surface area contributed by atoms with Crippen molar-refractivity contribution in [2.24, 2.45) is 41.4 Å². The molecule has 4 N–H and O–H groups in total. The highest BCUT2D eigenvalue weighted by Crippen LogP contribution is 2.52. The van der Waals surface area contributed by atoms with Gasteiger partial charge in [0.05, 0.1) is 116 Å². The van der Waals surface area contributed by atoms with E-state index >= 15 is 0 Å². The maximum Gasteiger partial charge on any atom is 0.193 e. The molecule has 0 saturated carbocycles. The molecular weight excluding hydrogens is 1640 g/mol. The lowest BCUT2D eigenvalue weighted by Crippen LogP contribution is -2.69. The Kier molecular flexibility index (Phi) is 33.7. The van der Waals surface area contributed by atoms with Crippen LogP contribution in [0.1, 0.15) is 271 Å². The van der Waals surface area contributed by atoms with Gasteiger partial charge in [-0.3, -0.25) is 24.0 Å². The van der Waals surface area contributed by atoms with Gasteiger partial charge in [-0.15, -0.1) is 0 Å². The van der Waals surface area contributed by atoms with E-state index in [1.165, 1.54) is 0 Å². The van der Waals surface area contributed by atoms with Crippen LogP contribution in [0.15, 0.2) is 48.6 Å². The van der Waals surface area contributed by atoms with Gasteiger partial charge in [0.1, 0.15) is 78.4 Å². The first-order valence-corrected chi connectivity index (χ1v) is 57.4. The first-order valence-electron chi connectivity index (χ1n) is 48.7. The summed E-state index contributed by atoms with van der Waals surface area (Å²) in [5, 5.41) is 42.0. The molecule has 26 heteroatoms. The Bertz CT molecular complexity index is 3730. The summed E-state index contributed by atoms with van der Waals surface area (Å²) in [7, 11) is -7.52. The number of carbonyl (C=O) groups is 5. The molecule has 15 aliphatic rings. The molecule has 0 aromatic rings. The Morgan fingerprint density at radius 2 is 0.880 bits per heavy atom. The van der Waals surface area contributed by atoms with Crippen LogP contribution in [0.3, 0.4) is 0 Å². The third kappa shape index (κ3) is 24.3. The fourth-order valence-corrected chi connectivity index (χ4v) is 25.3. The summed E-state index contributed by atoms with van der Waals surface area (Å²) in [5.41, 5.74) is 3.19. The number of hydrogen-bond donors (Lipinski definition) is 4. The predicted octanol–water partition coefficient (Wildman–Crippen LogP) is 16.3. The van der Waals surface area contributed by atoms with Crippen molar-refractivity contribution in [3.05, 3.63) is 48.6 Å². The molecule has 6 unspecified atom stereocenters. The zero-order valence-corrected chi connectivity index (χ0v) is 83.1. The van der Waals surface area contributed by atoms with Crippen LogP contribution in [0.25, 0.3) is 0 Å². The lowest BCUT2D eigenvalue weighted by atomic mass is 9.78. The van der Waals surface area contributed by atoms with E-state index < -0.39 is 117 Å². The number of aliphatic hydroxyl groups excluding tert-OH is 4. The smallest absolute Gasteiger partial charge is 0.193 e. The maximum absolute atomic E-state index is 14.8. The number of allylic oxidation sites excluding steroid dienone is 1. The molecule has 23 nitrogen and oxygen atoms in total. The molecule has 0 aliphatic carbocycles. The van der Waals surface area contributed by atoms with E-state index in [1.54, 1.807) is 6.08 Å². The summed E-state index contributed by atoms with van der Waals surface area (Å²) < 4.78 is 96.3. The summed E-state index contributed by atoms with van der Waals surface area (Å²) >= 11 is 0. The maximum atomic E-state index is 14.8. The molecule has 16 bridgehead atoms. The van der Waals surface area contributed by atoms with E-state index in [0.29, 0.717) is 95.3 Å². The number of ether oxygens (including phenoxy) is 11. The number of hydrogen-bond acceptors (Lipinski definition) is 23. The molecule has 15 aliphatic heterocycles. The van der Waals surface area contributed by atoms with Crippen LogP contribution >= 0.6 is 0 Å². The van der Waals surface area contributed by atoms with Crippen molar-refractivity contribution in [3.8, 4) is 0 Å². The van der Waals surface area contributed by atoms with E-state index in [2.05, 4.69) is 156 Å². The van der Waals surface area contributed by atoms with E-state index in [-0.39, 0.29) is 198 Å². The number of aliphatic hydroxyl groups is 4. The van der Waals surface area contributed by atoms with Crippen LogP contribution in [0.5, 0.6) is 0 Å². The van der Waals surface area contributed by atoms with Gasteiger partial charge in [0.2, 0.25) is 0 Å². The minimum Gasteiger partial charge on any atom is -0.408 e. The van der Waals surface area contributed by atoms with Crippen molar-refractivity contribution in [3.63, 3.8) is 0 Å². The average Bonchev–Trinajstić information content (AvgIpc) is 0.993. The van der Waals surface area contributed by atoms with Gasteiger partial charge >= 0.3 is 0 Å². The normalized spacial score (nSPS) is 42.4. The molecule has 0 aromatic heterocycles. The second-order valence-corrected chi connectivity index (χ2v) is 59.7. The summed E-state index contributed by atoms with van der Waals surface area (Å²) in [6.07, 6.45) is 4.84. The van der Waals surface area contributed by atoms with Gasteiger partial charge in [0.15, 0.2) is 36.5 Å². The second kappa shape index (κ2) is 41.6. The van der Waals surface area contributed by atoms with Crippen LogP contribution in [0, 0.1) is 41.4 Å². The quantitative estimate of drug-likeness (QED) is 0.104. The standard InChI is InChI=1S/C60H106O10Si3.C39H58O13/c1-22-37(2)31-51-41(6)47-35-43(62)34-46-27-30-49-54(65-46)56(69-72(18,19)59(10,11)12)57(70-73(20,21)60(13,14)15)55(67-49)50(68-71(16,17)58(7,8)9)28-24-42(61)23-25-44-33-39(4)48(63-44)29-26-45-32-38(3)40(5)52(64-45)36-53(47)66-51;1-18-10-24-6-8-29-28(44)15-26(47-29)5-4-21(41)13-34-35(45)38-39(52-34)36(46)37-30(51-38)9-7-25(49-37)11-22(42)12-27-20(3)31(14-23(43)17-40)50-33(27)16-32(48-24)19(18)2/h24,28,37-38,41,44-57H,4-5,22-23,25-27,29-36H2,1-3,6-21H3;18,20,23-27,29-40,43,45-46H,2,4-17H2,1,3H3/b28-24+;/t37-,38-,41-,44+,45+,46?,47-,48?,49+,50+,51-,52?,53+,54+,55+,56+,57-;18-,20-,23+,24+,25?,26+,27-,29?,30+,31-,32?,33+,34-,35+,36+,37+,38+,39+/m11/s1. The van der Waals surface area contributed by atoms with Crippen LogP contribution in [0.4, 0.5) is 0 Å². The highest BCUT2D eigenvalue weighted by Gasteiger charge is 2.61. The fourth-order valence-electron chi connectivity index (χ4n) is 21.5. The first-order chi connectivity index (χ1) is 58.5. The van der Waals surface area contributed by atoms with Crippen LogP contribution in [-0.2, 0) is 89.4 Å². The molecule has 0 radical (unpaired) electrons. The lowest BCUT2D eigenvalue weighted by Gasteiger charge is -2.56. The summed E-state index contributed by atoms with van der Waals surface area (Å²) in [5.74, 6) is 1.20. The van der Waals surface area contributed by atoms with Gasteiger partial charge in [-0.2, -0.15) is 0 Å². The van der Waals surface area contributed by atoms with Crippen molar-refractivity contribution in [2.75, 3.05) is 6.61 Å². The van der Waals surface area contributed by atoms with E-state index in [1.807, 2.05) is 13.0 Å². The topological polar surface area (TPSA) is 295 Å². The van der Waals surface area contributed by atoms with Crippen molar-refractivity contribution in [2.45, 2.75) is 496 Å². The summed E-state index contributed by atoms with van der Waals surface area (Å²) in [4.78, 5) is 68.7. The highest BCUT2D eigenvalue weighted by molar-refractivity contribution is 6.75. The van der Waals surface area contributed by atoms with Crippen LogP contribution in [0.2, 0.25) is 54.4 Å². The Morgan fingerprint density at radius 3 is 1.42 bits per heavy atom. The number of rotatable bonds is 12. The molecule has 15 rings (SSSR count). The molecular formula is C99H164O23Si3. The van der Waals surface area contributed by atoms with E-state index in [9.17, 15) is 44.4 Å². The van der Waals surface area contributed by atoms with E-state index in [0.717, 1.165) is 61.7 Å². The SMILES string of the molecule is C=C1C2C[C@@H]3O[C@H](C[C@H](O)CO)[C@H](C)[C@H]3CC(=O)CC3CC[C@@H]4O[C@H]5[C@@H](O)[C@@H](CC(=O)CC[C@H]6CC(=O)C(CC[C@@H](C[C@H]1C)O2)O6)O[C@H]5[C@@H](O)[C@H]4O3.C=C1C[C@@H]2CCC(=O)/C=C/[C@H](O[Si](C)(C)C(C)(C)C)[C@@H]3O[C@H]4CCC(CC(=O)C[C@@H]5[C@@H](C)[C@@H](C[C@H](C)CC)O[C@H]5CC5O[C@@H](CCC1O2)C[C@@H](C)C5=C)O[C@@H]4[C@H](O[Si](C)(C)C(C)(C)C)[C@@H]3O[Si](C)(C)C(C)(C)C.